The molecule has 0 N–H and O–H groups in total. The van der Waals surface area contributed by atoms with Gasteiger partial charge >= 0.3 is 6.09 Å². The Bertz CT molecular complexity index is 594. The fraction of sp³-hybridized carbons (Fsp3) is 0.650. The summed E-state index contributed by atoms with van der Waals surface area (Å²) in [7, 11) is 0. The van der Waals surface area contributed by atoms with Crippen LogP contribution in [-0.4, -0.2) is 47.7 Å². The molecule has 4 heteroatoms. The maximum Gasteiger partial charge on any atom is 0.410 e. The summed E-state index contributed by atoms with van der Waals surface area (Å²) >= 11 is 0. The zero-order valence-corrected chi connectivity index (χ0v) is 15.4. The van der Waals surface area contributed by atoms with Gasteiger partial charge in [0.1, 0.15) is 6.10 Å². The molecule has 4 nitrogen and oxygen atoms in total. The number of amides is 1. The van der Waals surface area contributed by atoms with Crippen molar-refractivity contribution in [1.29, 1.82) is 0 Å². The summed E-state index contributed by atoms with van der Waals surface area (Å²) in [6.07, 6.45) is 1.72. The van der Waals surface area contributed by atoms with Gasteiger partial charge in [0.2, 0.25) is 0 Å². The molecule has 0 radical (unpaired) electrons. The van der Waals surface area contributed by atoms with Gasteiger partial charge in [-0.1, -0.05) is 52.0 Å². The molecule has 2 heterocycles. The average Bonchev–Trinajstić information content (AvgIpc) is 2.97. The highest BCUT2D eigenvalue weighted by Crippen LogP contribution is 2.34. The van der Waals surface area contributed by atoms with Crippen LogP contribution in [0, 0.1) is 5.41 Å². The first-order chi connectivity index (χ1) is 11.4. The second-order valence-electron chi connectivity index (χ2n) is 8.15. The van der Waals surface area contributed by atoms with E-state index in [0.29, 0.717) is 12.6 Å². The van der Waals surface area contributed by atoms with Gasteiger partial charge in [0.15, 0.2) is 0 Å². The number of likely N-dealkylation sites (N-methyl/N-ethyl adjacent to an activating group) is 1. The first-order valence-corrected chi connectivity index (χ1v) is 9.15. The van der Waals surface area contributed by atoms with Crippen LogP contribution in [0.15, 0.2) is 24.3 Å². The van der Waals surface area contributed by atoms with Gasteiger partial charge in [-0.25, -0.2) is 4.79 Å². The zero-order valence-electron chi connectivity index (χ0n) is 15.4. The summed E-state index contributed by atoms with van der Waals surface area (Å²) in [4.78, 5) is 16.9. The normalized spacial score (nSPS) is 24.8. The monoisotopic (exact) mass is 330 g/mol. The fourth-order valence-electron chi connectivity index (χ4n) is 4.07. The van der Waals surface area contributed by atoms with Gasteiger partial charge in [-0.2, -0.15) is 0 Å². The van der Waals surface area contributed by atoms with E-state index in [1.807, 2.05) is 11.0 Å². The van der Waals surface area contributed by atoms with Gasteiger partial charge in [0.05, 0.1) is 0 Å². The zero-order chi connectivity index (χ0) is 17.3. The number of fused-ring (bicyclic) bond motifs is 1. The molecule has 1 aromatic carbocycles. The Labute approximate surface area is 145 Å². The van der Waals surface area contributed by atoms with Crippen molar-refractivity contribution in [1.82, 2.24) is 9.80 Å². The Balaban J connectivity index is 1.60. The van der Waals surface area contributed by atoms with E-state index < -0.39 is 0 Å². The third kappa shape index (κ3) is 3.59. The Hall–Kier alpha value is -1.55. The third-order valence-corrected chi connectivity index (χ3v) is 5.43. The van der Waals surface area contributed by atoms with Crippen LogP contribution in [0.4, 0.5) is 4.79 Å². The number of rotatable bonds is 2. The minimum Gasteiger partial charge on any atom is -0.445 e. The van der Waals surface area contributed by atoms with Crippen molar-refractivity contribution in [3.63, 3.8) is 0 Å². The highest BCUT2D eigenvalue weighted by molar-refractivity contribution is 5.68. The Kier molecular flexibility index (Phi) is 4.86. The standard InChI is InChI=1S/C20H30N2O2/c1-5-21-14-17(12-18(21)20(2,3)4)24-19(23)22-11-10-15-8-6-7-9-16(15)13-22/h6-9,17-18H,5,10-14H2,1-4H3. The highest BCUT2D eigenvalue weighted by Gasteiger charge is 2.40. The van der Waals surface area contributed by atoms with Crippen LogP contribution in [-0.2, 0) is 17.7 Å². The second kappa shape index (κ2) is 6.75. The largest absolute Gasteiger partial charge is 0.445 e. The molecule has 1 saturated heterocycles. The lowest BCUT2D eigenvalue weighted by atomic mass is 9.85. The topological polar surface area (TPSA) is 32.8 Å². The number of ether oxygens (including phenoxy) is 1. The summed E-state index contributed by atoms with van der Waals surface area (Å²) in [5.74, 6) is 0. The van der Waals surface area contributed by atoms with Gasteiger partial charge < -0.3 is 9.64 Å². The molecule has 24 heavy (non-hydrogen) atoms. The molecular formula is C20H30N2O2. The lowest BCUT2D eigenvalue weighted by molar-refractivity contribution is 0.0623. The average molecular weight is 330 g/mol. The van der Waals surface area contributed by atoms with E-state index in [9.17, 15) is 4.79 Å². The van der Waals surface area contributed by atoms with E-state index in [4.69, 9.17) is 4.74 Å². The molecule has 0 bridgehead atoms. The van der Waals surface area contributed by atoms with Crippen molar-refractivity contribution in [3.8, 4) is 0 Å². The van der Waals surface area contributed by atoms with Crippen LogP contribution >= 0.6 is 0 Å². The maximum absolute atomic E-state index is 12.6. The maximum atomic E-state index is 12.6. The number of benzene rings is 1. The Morgan fingerprint density at radius 1 is 1.25 bits per heavy atom. The van der Waals surface area contributed by atoms with E-state index in [1.165, 1.54) is 11.1 Å². The van der Waals surface area contributed by atoms with E-state index in [-0.39, 0.29) is 17.6 Å². The summed E-state index contributed by atoms with van der Waals surface area (Å²) < 4.78 is 5.87. The second-order valence-corrected chi connectivity index (χ2v) is 8.15. The van der Waals surface area contributed by atoms with E-state index >= 15 is 0 Å². The molecule has 0 aliphatic carbocycles. The van der Waals surface area contributed by atoms with Crippen molar-refractivity contribution in [3.05, 3.63) is 35.4 Å². The number of carbonyl (C=O) groups is 1. The van der Waals surface area contributed by atoms with Crippen LogP contribution < -0.4 is 0 Å². The number of carbonyl (C=O) groups excluding carboxylic acids is 1. The summed E-state index contributed by atoms with van der Waals surface area (Å²) in [5.41, 5.74) is 2.81. The summed E-state index contributed by atoms with van der Waals surface area (Å²) in [6.45, 7) is 12.3. The van der Waals surface area contributed by atoms with Gasteiger partial charge in [-0.05, 0) is 29.5 Å². The molecule has 1 aromatic rings. The molecule has 1 fully saturated rings. The Morgan fingerprint density at radius 3 is 2.58 bits per heavy atom. The molecule has 2 aliphatic heterocycles. The van der Waals surface area contributed by atoms with Gasteiger partial charge in [0, 0.05) is 32.1 Å². The Morgan fingerprint density at radius 2 is 1.96 bits per heavy atom. The van der Waals surface area contributed by atoms with Gasteiger partial charge in [0.25, 0.3) is 0 Å². The van der Waals surface area contributed by atoms with Crippen molar-refractivity contribution in [2.45, 2.75) is 59.2 Å². The summed E-state index contributed by atoms with van der Waals surface area (Å²) in [6, 6.07) is 8.85. The molecule has 1 amide bonds. The van der Waals surface area contributed by atoms with Gasteiger partial charge in [-0.3, -0.25) is 4.90 Å². The first-order valence-electron chi connectivity index (χ1n) is 9.15. The molecular weight excluding hydrogens is 300 g/mol. The van der Waals surface area contributed by atoms with Crippen LogP contribution in [0.3, 0.4) is 0 Å². The predicted octanol–water partition coefficient (Wildman–Crippen LogP) is 3.69. The van der Waals surface area contributed by atoms with Crippen LogP contribution in [0.1, 0.15) is 45.2 Å². The van der Waals surface area contributed by atoms with Crippen molar-refractivity contribution in [2.75, 3.05) is 19.6 Å². The van der Waals surface area contributed by atoms with Crippen molar-refractivity contribution in [2.24, 2.45) is 5.41 Å². The quantitative estimate of drug-likeness (QED) is 0.829. The van der Waals surface area contributed by atoms with E-state index in [1.54, 1.807) is 0 Å². The minimum atomic E-state index is -0.153. The summed E-state index contributed by atoms with van der Waals surface area (Å²) in [5, 5.41) is 0. The SMILES string of the molecule is CCN1CC(OC(=O)N2CCc3ccccc3C2)CC1C(C)(C)C. The predicted molar refractivity (Wildman–Crippen MR) is 95.9 cm³/mol. The molecule has 3 rings (SSSR count). The number of hydrogen-bond acceptors (Lipinski definition) is 3. The van der Waals surface area contributed by atoms with E-state index in [2.05, 4.69) is 50.8 Å². The molecule has 2 unspecified atom stereocenters. The smallest absolute Gasteiger partial charge is 0.410 e. The van der Waals surface area contributed by atoms with Crippen LogP contribution in [0.5, 0.6) is 0 Å². The fourth-order valence-corrected chi connectivity index (χ4v) is 4.07. The van der Waals surface area contributed by atoms with Crippen molar-refractivity contribution >= 4 is 6.09 Å². The highest BCUT2D eigenvalue weighted by atomic mass is 16.6. The minimum absolute atomic E-state index is 0.0128. The molecule has 0 saturated carbocycles. The van der Waals surface area contributed by atoms with Gasteiger partial charge in [-0.15, -0.1) is 0 Å². The van der Waals surface area contributed by atoms with Crippen LogP contribution in [0.25, 0.3) is 0 Å². The van der Waals surface area contributed by atoms with E-state index in [0.717, 1.165) is 32.5 Å². The van der Waals surface area contributed by atoms with Crippen LogP contribution in [0.2, 0.25) is 0 Å². The number of likely N-dealkylation sites (tertiary alicyclic amines) is 1. The molecule has 132 valence electrons. The number of hydrogen-bond donors (Lipinski definition) is 0. The van der Waals surface area contributed by atoms with Crippen molar-refractivity contribution < 1.29 is 9.53 Å². The lowest BCUT2D eigenvalue weighted by Crippen LogP contribution is -2.39. The molecule has 0 aromatic heterocycles. The lowest BCUT2D eigenvalue weighted by Gasteiger charge is -2.33. The third-order valence-electron chi connectivity index (χ3n) is 5.43. The molecule has 0 spiro atoms. The number of nitrogens with zero attached hydrogens (tertiary/aromatic N) is 2. The first kappa shape index (κ1) is 17.3. The molecule has 2 aliphatic rings. The molecule has 2 atom stereocenters.